The van der Waals surface area contributed by atoms with E-state index >= 15 is 0 Å². The molecule has 0 heterocycles. The molecule has 0 saturated heterocycles. The van der Waals surface area contributed by atoms with Crippen LogP contribution in [0.2, 0.25) is 5.02 Å². The molecular formula is C23H25Cl2NO2. The van der Waals surface area contributed by atoms with E-state index in [9.17, 15) is 0 Å². The summed E-state index contributed by atoms with van der Waals surface area (Å²) in [6.45, 7) is 2.19. The van der Waals surface area contributed by atoms with Gasteiger partial charge in [0, 0.05) is 17.1 Å². The zero-order valence-corrected chi connectivity index (χ0v) is 17.4. The number of nitrogens with one attached hydrogen (secondary N) is 1. The lowest BCUT2D eigenvalue weighted by Gasteiger charge is -2.10. The van der Waals surface area contributed by atoms with E-state index in [0.717, 1.165) is 41.6 Å². The average Bonchev–Trinajstić information content (AvgIpc) is 2.71. The Morgan fingerprint density at radius 1 is 0.857 bits per heavy atom. The largest absolute Gasteiger partial charge is 0.497 e. The highest BCUT2D eigenvalue weighted by atomic mass is 35.5. The van der Waals surface area contributed by atoms with E-state index in [4.69, 9.17) is 21.1 Å². The van der Waals surface area contributed by atoms with Gasteiger partial charge >= 0.3 is 0 Å². The molecular weight excluding hydrogens is 393 g/mol. The van der Waals surface area contributed by atoms with Gasteiger partial charge in [-0.25, -0.2) is 0 Å². The molecule has 0 radical (unpaired) electrons. The zero-order chi connectivity index (χ0) is 18.9. The van der Waals surface area contributed by atoms with Crippen LogP contribution >= 0.6 is 24.0 Å². The number of ether oxygens (including phenoxy) is 2. The second-order valence-corrected chi connectivity index (χ2v) is 6.71. The lowest BCUT2D eigenvalue weighted by Crippen LogP contribution is -2.16. The van der Waals surface area contributed by atoms with Crippen LogP contribution in [-0.4, -0.2) is 13.7 Å². The van der Waals surface area contributed by atoms with E-state index in [1.165, 1.54) is 11.1 Å². The Balaban J connectivity index is 0.00000280. The molecule has 0 aliphatic carbocycles. The SMILES string of the molecule is COc1ccc(CCNCc2cccc(OCc3ccccc3Cl)c2)cc1.Cl. The quantitative estimate of drug-likeness (QED) is 0.454. The molecule has 3 aromatic rings. The maximum absolute atomic E-state index is 6.18. The van der Waals surface area contributed by atoms with Crippen LogP contribution in [0.1, 0.15) is 16.7 Å². The lowest BCUT2D eigenvalue weighted by atomic mass is 10.1. The van der Waals surface area contributed by atoms with Gasteiger partial charge in [0.25, 0.3) is 0 Å². The first-order valence-electron chi connectivity index (χ1n) is 9.03. The molecule has 0 amide bonds. The standard InChI is InChI=1S/C23H24ClNO2.ClH/c1-26-21-11-9-18(10-12-21)13-14-25-16-19-5-4-7-22(15-19)27-17-20-6-2-3-8-23(20)24;/h2-12,15,25H,13-14,16-17H2,1H3;1H. The van der Waals surface area contributed by atoms with Crippen LogP contribution in [-0.2, 0) is 19.6 Å². The highest BCUT2D eigenvalue weighted by Crippen LogP contribution is 2.19. The molecule has 0 spiro atoms. The van der Waals surface area contributed by atoms with E-state index in [2.05, 4.69) is 29.6 Å². The average molecular weight is 418 g/mol. The molecule has 0 bridgehead atoms. The lowest BCUT2D eigenvalue weighted by molar-refractivity contribution is 0.306. The summed E-state index contributed by atoms with van der Waals surface area (Å²) in [7, 11) is 1.68. The van der Waals surface area contributed by atoms with Crippen LogP contribution in [0.25, 0.3) is 0 Å². The Bertz CT molecular complexity index is 853. The van der Waals surface area contributed by atoms with E-state index in [0.29, 0.717) is 6.61 Å². The molecule has 1 N–H and O–H groups in total. The minimum atomic E-state index is 0. The van der Waals surface area contributed by atoms with E-state index in [-0.39, 0.29) is 12.4 Å². The van der Waals surface area contributed by atoms with Crippen molar-refractivity contribution in [3.63, 3.8) is 0 Å². The molecule has 0 aliphatic rings. The van der Waals surface area contributed by atoms with E-state index < -0.39 is 0 Å². The molecule has 28 heavy (non-hydrogen) atoms. The fourth-order valence-electron chi connectivity index (χ4n) is 2.78. The molecule has 0 fully saturated rings. The summed E-state index contributed by atoms with van der Waals surface area (Å²) in [5.41, 5.74) is 3.48. The Morgan fingerprint density at radius 3 is 2.39 bits per heavy atom. The predicted molar refractivity (Wildman–Crippen MR) is 118 cm³/mol. The number of methoxy groups -OCH3 is 1. The van der Waals surface area contributed by atoms with E-state index in [1.54, 1.807) is 7.11 Å². The van der Waals surface area contributed by atoms with Crippen LogP contribution in [0.5, 0.6) is 11.5 Å². The van der Waals surface area contributed by atoms with Crippen LogP contribution in [0.3, 0.4) is 0 Å². The smallest absolute Gasteiger partial charge is 0.120 e. The molecule has 0 saturated carbocycles. The van der Waals surface area contributed by atoms with Gasteiger partial charge in [0.1, 0.15) is 18.1 Å². The molecule has 3 aromatic carbocycles. The molecule has 0 atom stereocenters. The van der Waals surface area contributed by atoms with Gasteiger partial charge in [0.2, 0.25) is 0 Å². The molecule has 3 nitrogen and oxygen atoms in total. The third kappa shape index (κ3) is 6.75. The molecule has 0 unspecified atom stereocenters. The van der Waals surface area contributed by atoms with Crippen molar-refractivity contribution < 1.29 is 9.47 Å². The highest BCUT2D eigenvalue weighted by molar-refractivity contribution is 6.31. The van der Waals surface area contributed by atoms with Crippen LogP contribution in [0, 0.1) is 0 Å². The maximum atomic E-state index is 6.18. The number of hydrogen-bond donors (Lipinski definition) is 1. The Labute approximate surface area is 178 Å². The van der Waals surface area contributed by atoms with Crippen LogP contribution in [0.15, 0.2) is 72.8 Å². The van der Waals surface area contributed by atoms with Gasteiger partial charge < -0.3 is 14.8 Å². The summed E-state index contributed by atoms with van der Waals surface area (Å²) in [5.74, 6) is 1.74. The highest BCUT2D eigenvalue weighted by Gasteiger charge is 2.02. The molecule has 3 rings (SSSR count). The number of hydrogen-bond acceptors (Lipinski definition) is 3. The molecule has 5 heteroatoms. The van der Waals surface area contributed by atoms with Crippen LogP contribution < -0.4 is 14.8 Å². The topological polar surface area (TPSA) is 30.5 Å². The van der Waals surface area contributed by atoms with Gasteiger partial charge in [0.15, 0.2) is 0 Å². The number of benzene rings is 3. The Hall–Kier alpha value is -2.20. The minimum absolute atomic E-state index is 0. The molecule has 0 aliphatic heterocycles. The summed E-state index contributed by atoms with van der Waals surface area (Å²) < 4.78 is 11.1. The van der Waals surface area contributed by atoms with Gasteiger partial charge in [0.05, 0.1) is 7.11 Å². The maximum Gasteiger partial charge on any atom is 0.120 e. The zero-order valence-electron chi connectivity index (χ0n) is 15.9. The van der Waals surface area contributed by atoms with Crippen molar-refractivity contribution in [2.45, 2.75) is 19.6 Å². The van der Waals surface area contributed by atoms with Gasteiger partial charge in [-0.1, -0.05) is 54.1 Å². The van der Waals surface area contributed by atoms with Crippen molar-refractivity contribution in [2.24, 2.45) is 0 Å². The summed E-state index contributed by atoms with van der Waals surface area (Å²) in [6, 6.07) is 24.1. The number of halogens is 2. The molecule has 0 aromatic heterocycles. The van der Waals surface area contributed by atoms with Gasteiger partial charge in [-0.15, -0.1) is 12.4 Å². The second kappa shape index (κ2) is 11.6. The third-order valence-corrected chi connectivity index (χ3v) is 4.70. The van der Waals surface area contributed by atoms with Crippen molar-refractivity contribution in [1.82, 2.24) is 5.32 Å². The Morgan fingerprint density at radius 2 is 1.64 bits per heavy atom. The van der Waals surface area contributed by atoms with Crippen LogP contribution in [0.4, 0.5) is 0 Å². The first-order chi connectivity index (χ1) is 13.2. The van der Waals surface area contributed by atoms with Crippen molar-refractivity contribution in [3.8, 4) is 11.5 Å². The second-order valence-electron chi connectivity index (χ2n) is 6.30. The van der Waals surface area contributed by atoms with Crippen molar-refractivity contribution in [3.05, 3.63) is 94.5 Å². The first-order valence-corrected chi connectivity index (χ1v) is 9.41. The minimum Gasteiger partial charge on any atom is -0.497 e. The van der Waals surface area contributed by atoms with Crippen molar-refractivity contribution in [2.75, 3.05) is 13.7 Å². The number of rotatable bonds is 9. The molecule has 148 valence electrons. The summed E-state index contributed by atoms with van der Waals surface area (Å²) >= 11 is 6.18. The summed E-state index contributed by atoms with van der Waals surface area (Å²) in [5, 5.41) is 4.21. The summed E-state index contributed by atoms with van der Waals surface area (Å²) in [6.07, 6.45) is 0.979. The van der Waals surface area contributed by atoms with Gasteiger partial charge in [-0.05, 0) is 54.4 Å². The normalized spacial score (nSPS) is 10.2. The monoisotopic (exact) mass is 417 g/mol. The summed E-state index contributed by atoms with van der Waals surface area (Å²) in [4.78, 5) is 0. The van der Waals surface area contributed by atoms with Gasteiger partial charge in [-0.2, -0.15) is 0 Å². The fraction of sp³-hybridized carbons (Fsp3) is 0.217. The first kappa shape index (κ1) is 22.1. The van der Waals surface area contributed by atoms with E-state index in [1.807, 2.05) is 48.5 Å². The van der Waals surface area contributed by atoms with Crippen molar-refractivity contribution in [1.29, 1.82) is 0 Å². The fourth-order valence-corrected chi connectivity index (χ4v) is 2.97. The predicted octanol–water partition coefficient (Wildman–Crippen LogP) is 5.68. The Kier molecular flexibility index (Phi) is 9.15. The van der Waals surface area contributed by atoms with Crippen molar-refractivity contribution >= 4 is 24.0 Å². The van der Waals surface area contributed by atoms with Gasteiger partial charge in [-0.3, -0.25) is 0 Å². The third-order valence-electron chi connectivity index (χ3n) is 4.33.